The van der Waals surface area contributed by atoms with Crippen molar-refractivity contribution in [2.45, 2.75) is 63.6 Å². The van der Waals surface area contributed by atoms with Gasteiger partial charge >= 0.3 is 12.4 Å². The maximum absolute atomic E-state index is 13.9. The predicted molar refractivity (Wildman–Crippen MR) is 157 cm³/mol. The summed E-state index contributed by atoms with van der Waals surface area (Å²) in [4.78, 5) is 44.6. The minimum absolute atomic E-state index is 0.0661. The summed E-state index contributed by atoms with van der Waals surface area (Å²) in [5.41, 5.74) is -2.58. The standard InChI is InChI=1S/C32H36F6N4O3/c1-5-6-23(41-14-13-39-18-27(41)29(44)20-7-10-22(11-8-20)40(3)4)17-26(42-28(43)15-19(2)30(42)45)21-9-12-24(31(33,34)35)25(16-21)32(36,37)38/h7-12,15-16,23,26-27,39H,5-6,13-14,17-18H2,1-4H3. The average molecular weight is 639 g/mol. The zero-order chi connectivity index (χ0) is 33.3. The molecular formula is C32H36F6N4O3. The van der Waals surface area contributed by atoms with Crippen LogP contribution in [-0.4, -0.2) is 73.2 Å². The predicted octanol–water partition coefficient (Wildman–Crippen LogP) is 5.86. The van der Waals surface area contributed by atoms with Crippen molar-refractivity contribution in [1.29, 1.82) is 0 Å². The minimum atomic E-state index is -5.35. The number of hydrogen-bond acceptors (Lipinski definition) is 6. The highest BCUT2D eigenvalue weighted by molar-refractivity contribution is 6.16. The Morgan fingerprint density at radius 2 is 1.64 bits per heavy atom. The minimum Gasteiger partial charge on any atom is -0.378 e. The highest BCUT2D eigenvalue weighted by atomic mass is 19.4. The number of halogens is 6. The number of rotatable bonds is 10. The number of amides is 2. The Kier molecular flexibility index (Phi) is 10.1. The molecule has 1 saturated heterocycles. The fourth-order valence-corrected chi connectivity index (χ4v) is 6.07. The lowest BCUT2D eigenvalue weighted by Gasteiger charge is -2.43. The van der Waals surface area contributed by atoms with Gasteiger partial charge in [-0.05, 0) is 61.7 Å². The Labute approximate surface area is 257 Å². The van der Waals surface area contributed by atoms with Crippen molar-refractivity contribution in [3.63, 3.8) is 0 Å². The molecule has 2 aliphatic rings. The summed E-state index contributed by atoms with van der Waals surface area (Å²) in [5.74, 6) is -1.67. The van der Waals surface area contributed by atoms with Gasteiger partial charge in [-0.1, -0.05) is 19.4 Å². The number of piperazine rings is 1. The fraction of sp³-hybridized carbons (Fsp3) is 0.469. The van der Waals surface area contributed by atoms with Crippen LogP contribution < -0.4 is 10.2 Å². The van der Waals surface area contributed by atoms with Crippen LogP contribution in [0.25, 0.3) is 0 Å². The van der Waals surface area contributed by atoms with E-state index in [1.54, 1.807) is 12.1 Å². The third-order valence-corrected chi connectivity index (χ3v) is 8.33. The van der Waals surface area contributed by atoms with Gasteiger partial charge in [0.05, 0.1) is 23.2 Å². The Morgan fingerprint density at radius 1 is 1.00 bits per heavy atom. The number of benzene rings is 2. The molecule has 2 amide bonds. The largest absolute Gasteiger partial charge is 0.417 e. The fourth-order valence-electron chi connectivity index (χ4n) is 6.07. The van der Waals surface area contributed by atoms with Gasteiger partial charge in [0.25, 0.3) is 11.8 Å². The van der Waals surface area contributed by atoms with Gasteiger partial charge in [0.1, 0.15) is 0 Å². The topological polar surface area (TPSA) is 73.0 Å². The Hall–Kier alpha value is -3.71. The van der Waals surface area contributed by atoms with Crippen molar-refractivity contribution in [3.05, 3.63) is 76.4 Å². The van der Waals surface area contributed by atoms with Crippen LogP contribution in [-0.2, 0) is 21.9 Å². The van der Waals surface area contributed by atoms with Crippen LogP contribution >= 0.6 is 0 Å². The highest BCUT2D eigenvalue weighted by Gasteiger charge is 2.45. The average Bonchev–Trinajstić information content (AvgIpc) is 3.23. The molecule has 2 aromatic carbocycles. The molecule has 3 unspecified atom stereocenters. The van der Waals surface area contributed by atoms with Crippen molar-refractivity contribution in [1.82, 2.24) is 15.1 Å². The van der Waals surface area contributed by atoms with E-state index in [0.29, 0.717) is 50.2 Å². The first-order chi connectivity index (χ1) is 21.0. The molecule has 0 aliphatic carbocycles. The number of alkyl halides is 6. The smallest absolute Gasteiger partial charge is 0.378 e. The summed E-state index contributed by atoms with van der Waals surface area (Å²) >= 11 is 0. The lowest BCUT2D eigenvalue weighted by molar-refractivity contribution is -0.162. The van der Waals surface area contributed by atoms with Gasteiger partial charge in [-0.15, -0.1) is 0 Å². The second-order valence-electron chi connectivity index (χ2n) is 11.6. The molecule has 4 rings (SSSR count). The van der Waals surface area contributed by atoms with E-state index >= 15 is 0 Å². The van der Waals surface area contributed by atoms with Gasteiger partial charge in [0.15, 0.2) is 5.78 Å². The molecule has 2 aliphatic heterocycles. The molecule has 0 saturated carbocycles. The third kappa shape index (κ3) is 7.41. The van der Waals surface area contributed by atoms with Crippen molar-refractivity contribution < 1.29 is 40.7 Å². The lowest BCUT2D eigenvalue weighted by atomic mass is 9.89. The number of carbonyl (C=O) groups excluding carboxylic acids is 3. The summed E-state index contributed by atoms with van der Waals surface area (Å²) < 4.78 is 82.6. The first kappa shape index (κ1) is 34.2. The maximum Gasteiger partial charge on any atom is 0.417 e. The van der Waals surface area contributed by atoms with E-state index in [4.69, 9.17) is 0 Å². The molecule has 0 radical (unpaired) electrons. The Morgan fingerprint density at radius 3 is 2.18 bits per heavy atom. The van der Waals surface area contributed by atoms with Gasteiger partial charge in [0.2, 0.25) is 0 Å². The number of nitrogens with zero attached hydrogens (tertiary/aromatic N) is 3. The van der Waals surface area contributed by atoms with Crippen LogP contribution in [0, 0.1) is 0 Å². The molecular weight excluding hydrogens is 602 g/mol. The number of imide groups is 1. The summed E-state index contributed by atoms with van der Waals surface area (Å²) in [6, 6.07) is 6.22. The van der Waals surface area contributed by atoms with Gasteiger partial charge in [-0.3, -0.25) is 24.2 Å². The molecule has 0 spiro atoms. The summed E-state index contributed by atoms with van der Waals surface area (Å²) in [6.45, 7) is 4.47. The monoisotopic (exact) mass is 638 g/mol. The lowest BCUT2D eigenvalue weighted by Crippen LogP contribution is -2.59. The van der Waals surface area contributed by atoms with Crippen LogP contribution in [0.3, 0.4) is 0 Å². The van der Waals surface area contributed by atoms with Gasteiger partial charge in [0, 0.05) is 62.7 Å². The van der Waals surface area contributed by atoms with Crippen LogP contribution in [0.5, 0.6) is 0 Å². The molecule has 2 aromatic rings. The molecule has 13 heteroatoms. The SMILES string of the molecule is CCCC(CC(c1ccc(C(F)(F)F)c(C(F)(F)F)c1)N1C(=O)C=C(C)C1=O)N1CCNCC1C(=O)c1ccc(N(C)C)cc1. The molecule has 0 aromatic heterocycles. The first-order valence-corrected chi connectivity index (χ1v) is 14.7. The number of hydrogen-bond donors (Lipinski definition) is 1. The maximum atomic E-state index is 13.9. The highest BCUT2D eigenvalue weighted by Crippen LogP contribution is 2.43. The third-order valence-electron chi connectivity index (χ3n) is 8.33. The van der Waals surface area contributed by atoms with E-state index in [-0.39, 0.29) is 23.3 Å². The summed E-state index contributed by atoms with van der Waals surface area (Å²) in [7, 11) is 3.74. The van der Waals surface area contributed by atoms with Crippen molar-refractivity contribution in [3.8, 4) is 0 Å². The number of Topliss-reactive ketones (excluding diaryl/α,β-unsaturated/α-hetero) is 1. The molecule has 2 heterocycles. The van der Waals surface area contributed by atoms with Crippen LogP contribution in [0.4, 0.5) is 32.0 Å². The number of ketones is 1. The van der Waals surface area contributed by atoms with Gasteiger partial charge < -0.3 is 10.2 Å². The summed E-state index contributed by atoms with van der Waals surface area (Å²) in [6.07, 6.45) is -8.60. The first-order valence-electron chi connectivity index (χ1n) is 14.7. The molecule has 1 fully saturated rings. The molecule has 0 bridgehead atoms. The molecule has 45 heavy (non-hydrogen) atoms. The number of anilines is 1. The second-order valence-corrected chi connectivity index (χ2v) is 11.6. The normalized spacial score (nSPS) is 19.5. The Bertz CT molecular complexity index is 1450. The summed E-state index contributed by atoms with van der Waals surface area (Å²) in [5, 5.41) is 3.22. The molecule has 1 N–H and O–H groups in total. The van der Waals surface area contributed by atoms with Crippen molar-refractivity contribution in [2.75, 3.05) is 38.6 Å². The molecule has 3 atom stereocenters. The van der Waals surface area contributed by atoms with Crippen LogP contribution in [0.1, 0.15) is 66.2 Å². The van der Waals surface area contributed by atoms with Gasteiger partial charge in [-0.2, -0.15) is 26.3 Å². The van der Waals surface area contributed by atoms with Gasteiger partial charge in [-0.25, -0.2) is 0 Å². The Balaban J connectivity index is 1.76. The van der Waals surface area contributed by atoms with Crippen LogP contribution in [0.2, 0.25) is 0 Å². The van der Waals surface area contributed by atoms with E-state index in [0.717, 1.165) is 22.7 Å². The quantitative estimate of drug-likeness (QED) is 0.200. The van der Waals surface area contributed by atoms with E-state index in [1.165, 1.54) is 6.92 Å². The van der Waals surface area contributed by atoms with Crippen LogP contribution in [0.15, 0.2) is 54.1 Å². The zero-order valence-electron chi connectivity index (χ0n) is 25.4. The molecule has 7 nitrogen and oxygen atoms in total. The van der Waals surface area contributed by atoms with E-state index in [1.807, 2.05) is 43.0 Å². The second kappa shape index (κ2) is 13.3. The van der Waals surface area contributed by atoms with E-state index < -0.39 is 53.4 Å². The van der Waals surface area contributed by atoms with Crippen molar-refractivity contribution >= 4 is 23.3 Å². The number of carbonyl (C=O) groups is 3. The molecule has 244 valence electrons. The number of nitrogens with one attached hydrogen (secondary N) is 1. The van der Waals surface area contributed by atoms with Crippen molar-refractivity contribution in [2.24, 2.45) is 0 Å². The zero-order valence-corrected chi connectivity index (χ0v) is 25.4. The van der Waals surface area contributed by atoms with E-state index in [2.05, 4.69) is 5.32 Å². The van der Waals surface area contributed by atoms with E-state index in [9.17, 15) is 40.7 Å².